The lowest BCUT2D eigenvalue weighted by molar-refractivity contribution is -0.870. The molecule has 0 N–H and O–H groups in total. The van der Waals surface area contributed by atoms with Crippen molar-refractivity contribution in [2.75, 3.05) is 47.5 Å². The molecule has 2 unspecified atom stereocenters. The van der Waals surface area contributed by atoms with Crippen LogP contribution in [-0.4, -0.2) is 70.0 Å². The van der Waals surface area contributed by atoms with Gasteiger partial charge in [0.1, 0.15) is 19.8 Å². The summed E-state index contributed by atoms with van der Waals surface area (Å²) in [6.07, 6.45) is 101. The van der Waals surface area contributed by atoms with Crippen LogP contribution < -0.4 is 4.89 Å². The van der Waals surface area contributed by atoms with Crippen LogP contribution in [0.15, 0.2) is 170 Å². The molecule has 498 valence electrons. The third-order valence-corrected chi connectivity index (χ3v) is 15.2. The zero-order valence-corrected chi connectivity index (χ0v) is 57.5. The average molecular weight is 1240 g/mol. The van der Waals surface area contributed by atoms with E-state index in [0.29, 0.717) is 17.4 Å². The van der Waals surface area contributed by atoms with E-state index < -0.39 is 32.5 Å². The molecule has 0 saturated carbocycles. The Hall–Kier alpha value is -4.63. The minimum absolute atomic E-state index is 0.0460. The normalized spacial score (nSPS) is 14.2. The van der Waals surface area contributed by atoms with Crippen LogP contribution in [0, 0.1) is 0 Å². The van der Waals surface area contributed by atoms with E-state index >= 15 is 0 Å². The molecule has 0 fully saturated rings. The number of hydrogen-bond acceptors (Lipinski definition) is 8. The van der Waals surface area contributed by atoms with Crippen LogP contribution in [0.3, 0.4) is 0 Å². The highest BCUT2D eigenvalue weighted by Crippen LogP contribution is 2.38. The molecular formula is C78H128NO8P. The van der Waals surface area contributed by atoms with Crippen molar-refractivity contribution in [1.82, 2.24) is 0 Å². The Morgan fingerprint density at radius 3 is 0.920 bits per heavy atom. The Bertz CT molecular complexity index is 2090. The fraction of sp³-hybridized carbons (Fsp3) is 0.615. The van der Waals surface area contributed by atoms with E-state index in [2.05, 4.69) is 184 Å². The van der Waals surface area contributed by atoms with E-state index in [1.807, 2.05) is 21.1 Å². The van der Waals surface area contributed by atoms with Gasteiger partial charge < -0.3 is 27.9 Å². The molecule has 0 amide bonds. The zero-order valence-electron chi connectivity index (χ0n) is 56.6. The summed E-state index contributed by atoms with van der Waals surface area (Å²) >= 11 is 0. The number of ether oxygens (including phenoxy) is 2. The Morgan fingerprint density at radius 1 is 0.352 bits per heavy atom. The van der Waals surface area contributed by atoms with Gasteiger partial charge in [0, 0.05) is 12.8 Å². The minimum atomic E-state index is -4.66. The van der Waals surface area contributed by atoms with Crippen molar-refractivity contribution >= 4 is 19.8 Å². The second-order valence-electron chi connectivity index (χ2n) is 23.8. The number of likely N-dealkylation sites (N-methyl/N-ethyl adjacent to an activating group) is 1. The standard InChI is InChI=1S/C78H128NO8P/c1-6-8-10-12-14-16-18-20-22-24-26-28-30-32-34-36-38-39-41-42-44-46-48-50-52-54-56-58-60-62-64-66-68-70-77(80)84-74-76(75-86-88(82,83)85-73-72-79(3,4)5)87-78(81)71-69-67-65-63-61-59-57-55-53-51-49-47-45-43-40-37-35-33-31-29-27-25-23-21-19-17-15-13-11-9-7-2/h8-11,14-17,20-23,26-29,32-35,40,43,47,49,53,55,59,61,76H,6-7,12-13,18-19,24-25,30-31,36-39,41-42,44-46,48,50-52,54,56-58,60,62-75H2,1-5H3/b10-8-,11-9-,16-14-,17-15-,22-20-,23-21-,28-26-,29-27-,34-32-,35-33-,43-40-,49-47-,55-53-,61-59-. The van der Waals surface area contributed by atoms with Gasteiger partial charge in [0.2, 0.25) is 0 Å². The van der Waals surface area contributed by atoms with Crippen LogP contribution in [0.25, 0.3) is 0 Å². The van der Waals surface area contributed by atoms with Crippen LogP contribution >= 0.6 is 7.82 Å². The largest absolute Gasteiger partial charge is 0.756 e. The quantitative estimate of drug-likeness (QED) is 0.0195. The Labute approximate surface area is 540 Å². The van der Waals surface area contributed by atoms with Crippen molar-refractivity contribution in [3.05, 3.63) is 170 Å². The van der Waals surface area contributed by atoms with Gasteiger partial charge >= 0.3 is 11.9 Å². The minimum Gasteiger partial charge on any atom is -0.756 e. The molecule has 2 atom stereocenters. The highest BCUT2D eigenvalue weighted by molar-refractivity contribution is 7.45. The summed E-state index contributed by atoms with van der Waals surface area (Å²) in [4.78, 5) is 38.1. The lowest BCUT2D eigenvalue weighted by Crippen LogP contribution is -2.37. The number of unbranched alkanes of at least 4 members (excludes halogenated alkanes) is 20. The first-order valence-corrected chi connectivity index (χ1v) is 36.3. The van der Waals surface area contributed by atoms with E-state index in [1.165, 1.54) is 96.3 Å². The Kier molecular flexibility index (Phi) is 63.3. The van der Waals surface area contributed by atoms with Crippen LogP contribution in [-0.2, 0) is 32.7 Å². The second kappa shape index (κ2) is 66.8. The molecule has 0 aliphatic carbocycles. The van der Waals surface area contributed by atoms with E-state index in [-0.39, 0.29) is 26.1 Å². The first-order valence-electron chi connectivity index (χ1n) is 34.8. The summed E-state index contributed by atoms with van der Waals surface area (Å²) < 4.78 is 34.3. The van der Waals surface area contributed by atoms with Crippen molar-refractivity contribution in [1.29, 1.82) is 0 Å². The van der Waals surface area contributed by atoms with Crippen molar-refractivity contribution in [2.45, 2.75) is 264 Å². The molecule has 0 rings (SSSR count). The van der Waals surface area contributed by atoms with Crippen LogP contribution in [0.4, 0.5) is 0 Å². The third kappa shape index (κ3) is 70.5. The molecule has 0 aromatic heterocycles. The van der Waals surface area contributed by atoms with Crippen molar-refractivity contribution < 1.29 is 42.1 Å². The van der Waals surface area contributed by atoms with Crippen molar-refractivity contribution in [3.8, 4) is 0 Å². The zero-order chi connectivity index (χ0) is 64.1. The highest BCUT2D eigenvalue weighted by Gasteiger charge is 2.22. The maximum absolute atomic E-state index is 12.9. The molecule has 0 aromatic rings. The lowest BCUT2D eigenvalue weighted by Gasteiger charge is -2.28. The van der Waals surface area contributed by atoms with E-state index in [1.54, 1.807) is 0 Å². The van der Waals surface area contributed by atoms with Gasteiger partial charge in [0.25, 0.3) is 7.82 Å². The van der Waals surface area contributed by atoms with Gasteiger partial charge in [-0.15, -0.1) is 0 Å². The topological polar surface area (TPSA) is 111 Å². The molecule has 0 heterocycles. The maximum Gasteiger partial charge on any atom is 0.306 e. The number of nitrogens with zero attached hydrogens (tertiary/aromatic N) is 1. The Morgan fingerprint density at radius 2 is 0.614 bits per heavy atom. The van der Waals surface area contributed by atoms with Gasteiger partial charge in [0.15, 0.2) is 6.10 Å². The molecule has 0 radical (unpaired) electrons. The molecular weight excluding hydrogens is 1110 g/mol. The van der Waals surface area contributed by atoms with Gasteiger partial charge in [-0.1, -0.05) is 287 Å². The smallest absolute Gasteiger partial charge is 0.306 e. The molecule has 0 saturated heterocycles. The molecule has 0 aliphatic rings. The van der Waals surface area contributed by atoms with Gasteiger partial charge in [-0.25, -0.2) is 0 Å². The third-order valence-electron chi connectivity index (χ3n) is 14.2. The van der Waals surface area contributed by atoms with E-state index in [9.17, 15) is 19.0 Å². The van der Waals surface area contributed by atoms with Gasteiger partial charge in [-0.3, -0.25) is 14.2 Å². The first kappa shape index (κ1) is 83.4. The SMILES string of the molecule is CC/C=C\C/C=C\C/C=C\C/C=C\C/C=C\C/C=C\C/C=C\C/C=C\C/C=C\CCCCCC(=O)OC(COC(=O)CCCCCCCCCCCCCCCCCCC/C=C\C/C=C\C/C=C\C/C=C\C/C=C\CC)COP(=O)([O-])OCC[N+](C)(C)C. The summed E-state index contributed by atoms with van der Waals surface area (Å²) in [7, 11) is 1.12. The number of phosphoric acid groups is 1. The van der Waals surface area contributed by atoms with Crippen LogP contribution in [0.5, 0.6) is 0 Å². The number of carbonyl (C=O) groups is 2. The summed E-state index contributed by atoms with van der Waals surface area (Å²) in [5, 5.41) is 0. The highest BCUT2D eigenvalue weighted by atomic mass is 31.2. The molecule has 10 heteroatoms. The molecule has 9 nitrogen and oxygen atoms in total. The monoisotopic (exact) mass is 1240 g/mol. The van der Waals surface area contributed by atoms with Crippen molar-refractivity contribution in [3.63, 3.8) is 0 Å². The number of phosphoric ester groups is 1. The number of allylic oxidation sites excluding steroid dienone is 28. The van der Waals surface area contributed by atoms with Crippen molar-refractivity contribution in [2.24, 2.45) is 0 Å². The molecule has 88 heavy (non-hydrogen) atoms. The molecule has 0 spiro atoms. The molecule has 0 bridgehead atoms. The van der Waals surface area contributed by atoms with E-state index in [4.69, 9.17) is 18.5 Å². The summed E-state index contributed by atoms with van der Waals surface area (Å²) in [6, 6.07) is 0. The fourth-order valence-corrected chi connectivity index (χ4v) is 9.70. The first-order chi connectivity index (χ1) is 43.0. The average Bonchev–Trinajstić information content (AvgIpc) is 3.68. The van der Waals surface area contributed by atoms with E-state index in [0.717, 1.165) is 128 Å². The maximum atomic E-state index is 12.9. The Balaban J connectivity index is 4.16. The predicted octanol–water partition coefficient (Wildman–Crippen LogP) is 22.3. The molecule has 0 aromatic carbocycles. The molecule has 0 aliphatic heterocycles. The number of rotatable bonds is 62. The number of hydrogen-bond donors (Lipinski definition) is 0. The summed E-state index contributed by atoms with van der Waals surface area (Å²) in [5.41, 5.74) is 0. The second-order valence-corrected chi connectivity index (χ2v) is 25.2. The number of quaternary nitrogens is 1. The van der Waals surface area contributed by atoms with Gasteiger partial charge in [-0.2, -0.15) is 0 Å². The van der Waals surface area contributed by atoms with Gasteiger partial charge in [0.05, 0.1) is 27.7 Å². The lowest BCUT2D eigenvalue weighted by atomic mass is 10.0. The van der Waals surface area contributed by atoms with Gasteiger partial charge in [-0.05, 0) is 128 Å². The number of esters is 2. The van der Waals surface area contributed by atoms with Crippen LogP contribution in [0.2, 0.25) is 0 Å². The number of carbonyl (C=O) groups excluding carboxylic acids is 2. The predicted molar refractivity (Wildman–Crippen MR) is 378 cm³/mol. The fourth-order valence-electron chi connectivity index (χ4n) is 8.97. The summed E-state index contributed by atoms with van der Waals surface area (Å²) in [5.74, 6) is -0.879. The summed E-state index contributed by atoms with van der Waals surface area (Å²) in [6.45, 7) is 3.97. The van der Waals surface area contributed by atoms with Crippen LogP contribution in [0.1, 0.15) is 258 Å².